The molecule has 1 amide bonds. The lowest BCUT2D eigenvalue weighted by molar-refractivity contribution is -0.124. The van der Waals surface area contributed by atoms with Crippen molar-refractivity contribution < 1.29 is 9.53 Å². The van der Waals surface area contributed by atoms with E-state index in [1.54, 1.807) is 6.08 Å². The lowest BCUT2D eigenvalue weighted by Gasteiger charge is -2.14. The van der Waals surface area contributed by atoms with E-state index in [0.717, 1.165) is 22.2 Å². The number of hydrazine groups is 1. The predicted octanol–water partition coefficient (Wildman–Crippen LogP) is 3.86. The molecule has 0 radical (unpaired) electrons. The quantitative estimate of drug-likeness (QED) is 0.406. The van der Waals surface area contributed by atoms with Gasteiger partial charge in [-0.3, -0.25) is 4.79 Å². The summed E-state index contributed by atoms with van der Waals surface area (Å²) in [4.78, 5) is 13.0. The molecular formula is C16H16BrN3O2S2. The van der Waals surface area contributed by atoms with Crippen LogP contribution in [0.2, 0.25) is 0 Å². The second kappa shape index (κ2) is 9.18. The topological polar surface area (TPSA) is 65.4 Å². The largest absolute Gasteiger partial charge is 0.493 e. The molecule has 1 aromatic carbocycles. The van der Waals surface area contributed by atoms with Gasteiger partial charge in [0.05, 0.1) is 17.6 Å². The monoisotopic (exact) mass is 425 g/mol. The molecule has 1 fully saturated rings. The molecule has 1 saturated heterocycles. The number of carbonyl (C=O) groups excluding carboxylic acids is 1. The SMILES string of the molecule is CCCOc1ccc(Br)cc1C=C1SC(=S)N(NCCC#N)C1=O. The van der Waals surface area contributed by atoms with Crippen LogP contribution >= 0.6 is 39.9 Å². The zero-order valence-electron chi connectivity index (χ0n) is 13.0. The first-order valence-electron chi connectivity index (χ1n) is 7.37. The van der Waals surface area contributed by atoms with Crippen molar-refractivity contribution in [2.75, 3.05) is 13.2 Å². The van der Waals surface area contributed by atoms with Crippen LogP contribution in [0.25, 0.3) is 6.08 Å². The Morgan fingerprint density at radius 2 is 2.33 bits per heavy atom. The van der Waals surface area contributed by atoms with Gasteiger partial charge in [-0.25, -0.2) is 10.4 Å². The first kappa shape index (κ1) is 18.9. The maximum Gasteiger partial charge on any atom is 0.280 e. The Bertz CT molecular complexity index is 716. The van der Waals surface area contributed by atoms with E-state index in [2.05, 4.69) is 21.4 Å². The third-order valence-corrected chi connectivity index (χ3v) is 4.82. The first-order chi connectivity index (χ1) is 11.6. The van der Waals surface area contributed by atoms with E-state index in [4.69, 9.17) is 22.2 Å². The summed E-state index contributed by atoms with van der Waals surface area (Å²) in [6, 6.07) is 7.69. The Labute approximate surface area is 159 Å². The van der Waals surface area contributed by atoms with Gasteiger partial charge >= 0.3 is 0 Å². The zero-order valence-corrected chi connectivity index (χ0v) is 16.3. The van der Waals surface area contributed by atoms with Crippen molar-refractivity contribution in [3.63, 3.8) is 0 Å². The van der Waals surface area contributed by atoms with Crippen molar-refractivity contribution in [2.24, 2.45) is 0 Å². The van der Waals surface area contributed by atoms with Gasteiger partial charge in [0.1, 0.15) is 5.75 Å². The number of amides is 1. The van der Waals surface area contributed by atoms with E-state index < -0.39 is 0 Å². The molecule has 8 heteroatoms. The summed E-state index contributed by atoms with van der Waals surface area (Å²) in [7, 11) is 0. The maximum absolute atomic E-state index is 12.5. The Balaban J connectivity index is 2.22. The van der Waals surface area contributed by atoms with Crippen LogP contribution in [0.5, 0.6) is 5.75 Å². The van der Waals surface area contributed by atoms with Crippen LogP contribution < -0.4 is 10.2 Å². The molecule has 0 bridgehead atoms. The van der Waals surface area contributed by atoms with Gasteiger partial charge in [0.15, 0.2) is 4.32 Å². The zero-order chi connectivity index (χ0) is 17.5. The van der Waals surface area contributed by atoms with E-state index in [0.29, 0.717) is 28.8 Å². The van der Waals surface area contributed by atoms with Crippen molar-refractivity contribution in [3.8, 4) is 11.8 Å². The van der Waals surface area contributed by atoms with Gasteiger partial charge in [-0.15, -0.1) is 0 Å². The highest BCUT2D eigenvalue weighted by molar-refractivity contribution is 9.10. The van der Waals surface area contributed by atoms with Crippen molar-refractivity contribution in [2.45, 2.75) is 19.8 Å². The minimum atomic E-state index is -0.218. The van der Waals surface area contributed by atoms with Gasteiger partial charge in [-0.1, -0.05) is 46.8 Å². The Kier molecular flexibility index (Phi) is 7.24. The second-order valence-corrected chi connectivity index (χ2v) is 7.46. The highest BCUT2D eigenvalue weighted by Gasteiger charge is 2.32. The number of rotatable bonds is 7. The number of nitriles is 1. The molecule has 0 spiro atoms. The molecule has 1 aromatic rings. The molecule has 24 heavy (non-hydrogen) atoms. The second-order valence-electron chi connectivity index (χ2n) is 4.86. The minimum Gasteiger partial charge on any atom is -0.493 e. The number of thiocarbonyl (C=S) groups is 1. The van der Waals surface area contributed by atoms with E-state index in [-0.39, 0.29) is 5.91 Å². The average molecular weight is 426 g/mol. The van der Waals surface area contributed by atoms with Crippen LogP contribution in [0, 0.1) is 11.3 Å². The summed E-state index contributed by atoms with van der Waals surface area (Å²) in [6.07, 6.45) is 2.98. The lowest BCUT2D eigenvalue weighted by Crippen LogP contribution is -2.41. The van der Waals surface area contributed by atoms with Crippen LogP contribution in [0.1, 0.15) is 25.3 Å². The van der Waals surface area contributed by atoms with E-state index in [1.165, 1.54) is 16.8 Å². The van der Waals surface area contributed by atoms with Gasteiger partial charge in [-0.2, -0.15) is 5.26 Å². The number of nitrogens with zero attached hydrogens (tertiary/aromatic N) is 2. The first-order valence-corrected chi connectivity index (χ1v) is 9.39. The van der Waals surface area contributed by atoms with Crippen molar-refractivity contribution in [1.82, 2.24) is 10.4 Å². The number of hydrogen-bond donors (Lipinski definition) is 1. The van der Waals surface area contributed by atoms with Crippen LogP contribution in [0.4, 0.5) is 0 Å². The third-order valence-electron chi connectivity index (χ3n) is 3.02. The van der Waals surface area contributed by atoms with Crippen LogP contribution in [0.3, 0.4) is 0 Å². The molecule has 0 aromatic heterocycles. The minimum absolute atomic E-state index is 0.218. The third kappa shape index (κ3) is 4.80. The van der Waals surface area contributed by atoms with Gasteiger partial charge in [-0.05, 0) is 30.7 Å². The standard InChI is InChI=1S/C16H16BrN3O2S2/c1-2-8-22-13-5-4-12(17)9-11(13)10-14-15(21)20(16(23)24-14)19-7-3-6-18/h4-5,9-10,19H,2-3,7-8H2,1H3. The number of thioether (sulfide) groups is 1. The van der Waals surface area contributed by atoms with E-state index >= 15 is 0 Å². The Morgan fingerprint density at radius 1 is 1.54 bits per heavy atom. The number of benzene rings is 1. The maximum atomic E-state index is 12.5. The fraction of sp³-hybridized carbons (Fsp3) is 0.312. The van der Waals surface area contributed by atoms with Gasteiger partial charge < -0.3 is 4.74 Å². The number of ether oxygens (including phenoxy) is 1. The Morgan fingerprint density at radius 3 is 3.04 bits per heavy atom. The normalized spacial score (nSPS) is 15.9. The summed E-state index contributed by atoms with van der Waals surface area (Å²) in [5.41, 5.74) is 3.69. The molecular weight excluding hydrogens is 410 g/mol. The molecule has 5 nitrogen and oxygen atoms in total. The van der Waals surface area contributed by atoms with Gasteiger partial charge in [0, 0.05) is 23.0 Å². The van der Waals surface area contributed by atoms with E-state index in [1.807, 2.05) is 31.2 Å². The molecule has 0 saturated carbocycles. The smallest absolute Gasteiger partial charge is 0.280 e. The fourth-order valence-electron chi connectivity index (χ4n) is 1.94. The number of halogens is 1. The van der Waals surface area contributed by atoms with Crippen LogP contribution in [0.15, 0.2) is 27.6 Å². The summed E-state index contributed by atoms with van der Waals surface area (Å²) in [5, 5.41) is 9.90. The lowest BCUT2D eigenvalue weighted by atomic mass is 10.2. The van der Waals surface area contributed by atoms with Crippen LogP contribution in [-0.2, 0) is 4.79 Å². The molecule has 0 unspecified atom stereocenters. The summed E-state index contributed by atoms with van der Waals surface area (Å²) < 4.78 is 7.06. The molecule has 1 heterocycles. The van der Waals surface area contributed by atoms with Gasteiger partial charge in [0.2, 0.25) is 0 Å². The fourth-order valence-corrected chi connectivity index (χ4v) is 3.53. The average Bonchev–Trinajstić information content (AvgIpc) is 2.82. The molecule has 1 N–H and O–H groups in total. The molecule has 0 atom stereocenters. The molecule has 0 aliphatic carbocycles. The number of nitrogens with one attached hydrogen (secondary N) is 1. The van der Waals surface area contributed by atoms with Crippen molar-refractivity contribution >= 4 is 56.2 Å². The molecule has 2 rings (SSSR count). The van der Waals surface area contributed by atoms with Crippen molar-refractivity contribution in [3.05, 3.63) is 33.1 Å². The molecule has 1 aliphatic heterocycles. The predicted molar refractivity (Wildman–Crippen MR) is 103 cm³/mol. The van der Waals surface area contributed by atoms with E-state index in [9.17, 15) is 4.79 Å². The highest BCUT2D eigenvalue weighted by Crippen LogP contribution is 2.34. The molecule has 126 valence electrons. The highest BCUT2D eigenvalue weighted by atomic mass is 79.9. The van der Waals surface area contributed by atoms with Gasteiger partial charge in [0.25, 0.3) is 5.91 Å². The van der Waals surface area contributed by atoms with Crippen LogP contribution in [-0.4, -0.2) is 28.4 Å². The molecule has 1 aliphatic rings. The number of carbonyl (C=O) groups is 1. The number of hydrogen-bond acceptors (Lipinski definition) is 6. The summed E-state index contributed by atoms with van der Waals surface area (Å²) in [5.74, 6) is 0.507. The summed E-state index contributed by atoms with van der Waals surface area (Å²) >= 11 is 9.90. The Hall–Kier alpha value is -1.40. The summed E-state index contributed by atoms with van der Waals surface area (Å²) in [6.45, 7) is 3.02. The van der Waals surface area contributed by atoms with Crippen molar-refractivity contribution in [1.29, 1.82) is 5.26 Å².